The Hall–Kier alpha value is -3.02. The van der Waals surface area contributed by atoms with Gasteiger partial charge in [0.25, 0.3) is 0 Å². The highest BCUT2D eigenvalue weighted by atomic mass is 16.3. The molecule has 3 aliphatic carbocycles. The summed E-state index contributed by atoms with van der Waals surface area (Å²) in [7, 11) is 1.75. The van der Waals surface area contributed by atoms with Gasteiger partial charge in [-0.2, -0.15) is 0 Å². The van der Waals surface area contributed by atoms with Gasteiger partial charge >= 0.3 is 0 Å². The van der Waals surface area contributed by atoms with Crippen LogP contribution in [0.3, 0.4) is 0 Å². The Kier molecular flexibility index (Phi) is 3.88. The average molecular weight is 391 g/mol. The van der Waals surface area contributed by atoms with Crippen LogP contribution in [0.4, 0.5) is 5.82 Å². The van der Waals surface area contributed by atoms with Crippen LogP contribution in [0.25, 0.3) is 11.2 Å². The molecule has 0 radical (unpaired) electrons. The number of carbonyl (C=O) groups excluding carboxylic acids is 1. The minimum Gasteiger partial charge on any atom is -0.389 e. The number of fused-ring (bicyclic) bond motifs is 2. The van der Waals surface area contributed by atoms with E-state index < -0.39 is 23.7 Å². The van der Waals surface area contributed by atoms with E-state index in [1.165, 1.54) is 6.92 Å². The predicted molar refractivity (Wildman–Crippen MR) is 106 cm³/mol. The Morgan fingerprint density at radius 1 is 1.34 bits per heavy atom. The van der Waals surface area contributed by atoms with Crippen LogP contribution in [0.5, 0.6) is 0 Å². The Bertz CT molecular complexity index is 1150. The zero-order valence-electron chi connectivity index (χ0n) is 16.1. The van der Waals surface area contributed by atoms with Crippen molar-refractivity contribution < 1.29 is 15.0 Å². The van der Waals surface area contributed by atoms with Crippen molar-refractivity contribution in [3.63, 3.8) is 0 Å². The fourth-order valence-electron chi connectivity index (χ4n) is 4.82. The van der Waals surface area contributed by atoms with Gasteiger partial charge in [-0.05, 0) is 31.6 Å². The standard InChI is InChI=1S/C21H21N5O3/c1-11(27)21-9-13(21)16(17(28)18(21)29)26-10-23-15-19(22-2)24-14(25-20(15)26)8-7-12-5-3-4-6-12/h3,5-6,10,13,16-18,28-29H,4,9H2,1-2H3,(H,22,24,25)/t13?,16-,17+,18?,21-/m1/s1. The number of aromatic nitrogens is 4. The number of Topliss-reactive ketones (excluding diaryl/α,β-unsaturated/α-hetero) is 1. The van der Waals surface area contributed by atoms with E-state index in [1.807, 2.05) is 18.2 Å². The van der Waals surface area contributed by atoms with E-state index in [-0.39, 0.29) is 11.7 Å². The molecule has 29 heavy (non-hydrogen) atoms. The molecular formula is C21H21N5O3. The lowest BCUT2D eigenvalue weighted by atomic mass is 9.95. The minimum absolute atomic E-state index is 0.0871. The molecule has 148 valence electrons. The van der Waals surface area contributed by atoms with Crippen molar-refractivity contribution in [3.05, 3.63) is 36.0 Å². The average Bonchev–Trinajstić information content (AvgIpc) is 3.00. The second-order valence-corrected chi connectivity index (χ2v) is 7.85. The quantitative estimate of drug-likeness (QED) is 0.669. The lowest BCUT2D eigenvalue weighted by Crippen LogP contribution is -2.36. The summed E-state index contributed by atoms with van der Waals surface area (Å²) in [5.41, 5.74) is 1.14. The number of aliphatic hydroxyl groups excluding tert-OH is 2. The van der Waals surface area contributed by atoms with Gasteiger partial charge in [-0.1, -0.05) is 24.1 Å². The molecule has 2 unspecified atom stereocenters. The third kappa shape index (κ3) is 2.48. The van der Waals surface area contributed by atoms with Gasteiger partial charge in [-0.15, -0.1) is 0 Å². The second kappa shape index (κ2) is 6.24. The van der Waals surface area contributed by atoms with Crippen molar-refractivity contribution in [3.8, 4) is 11.8 Å². The van der Waals surface area contributed by atoms with Gasteiger partial charge in [0.05, 0.1) is 23.9 Å². The van der Waals surface area contributed by atoms with Gasteiger partial charge in [0, 0.05) is 12.6 Å². The molecule has 2 fully saturated rings. The van der Waals surface area contributed by atoms with E-state index in [9.17, 15) is 15.0 Å². The molecule has 2 heterocycles. The number of carbonyl (C=O) groups is 1. The molecule has 2 aromatic rings. The summed E-state index contributed by atoms with van der Waals surface area (Å²) in [6.45, 7) is 1.48. The SMILES string of the molecule is CNc1nc(C#CC2=CCC=C2)nc2c1ncn2[C@@H]1C2C[C@]2(C(C)=O)C(O)[C@H]1O. The molecule has 0 saturated heterocycles. The van der Waals surface area contributed by atoms with Crippen molar-refractivity contribution in [2.75, 3.05) is 12.4 Å². The Morgan fingerprint density at radius 3 is 2.83 bits per heavy atom. The monoisotopic (exact) mass is 391 g/mol. The first kappa shape index (κ1) is 18.0. The number of hydrogen-bond acceptors (Lipinski definition) is 7. The van der Waals surface area contributed by atoms with Crippen LogP contribution >= 0.6 is 0 Å². The van der Waals surface area contributed by atoms with Gasteiger partial charge in [0.1, 0.15) is 11.9 Å². The van der Waals surface area contributed by atoms with Gasteiger partial charge in [0.15, 0.2) is 17.0 Å². The molecular weight excluding hydrogens is 370 g/mol. The predicted octanol–water partition coefficient (Wildman–Crippen LogP) is 0.978. The normalized spacial score (nSPS) is 31.9. The van der Waals surface area contributed by atoms with E-state index in [0.717, 1.165) is 12.0 Å². The molecule has 8 heteroatoms. The summed E-state index contributed by atoms with van der Waals surface area (Å²) in [5, 5.41) is 24.3. The van der Waals surface area contributed by atoms with E-state index >= 15 is 0 Å². The summed E-state index contributed by atoms with van der Waals surface area (Å²) in [4.78, 5) is 25.6. The number of anilines is 1. The number of rotatable bonds is 3. The zero-order valence-corrected chi connectivity index (χ0v) is 16.1. The van der Waals surface area contributed by atoms with Gasteiger partial charge in [-0.3, -0.25) is 4.79 Å². The molecule has 8 nitrogen and oxygen atoms in total. The molecule has 0 bridgehead atoms. The zero-order chi connectivity index (χ0) is 20.3. The number of ketones is 1. The maximum Gasteiger partial charge on any atom is 0.209 e. The number of aliphatic hydroxyl groups is 2. The van der Waals surface area contributed by atoms with Crippen LogP contribution in [-0.4, -0.2) is 54.8 Å². The molecule has 0 spiro atoms. The third-order valence-corrected chi connectivity index (χ3v) is 6.40. The van der Waals surface area contributed by atoms with Crippen LogP contribution in [0.1, 0.15) is 31.6 Å². The summed E-state index contributed by atoms with van der Waals surface area (Å²) in [6, 6.07) is -0.472. The number of nitrogens with zero attached hydrogens (tertiary/aromatic N) is 4. The van der Waals surface area contributed by atoms with Crippen LogP contribution in [0, 0.1) is 23.2 Å². The lowest BCUT2D eigenvalue weighted by molar-refractivity contribution is -0.128. The highest BCUT2D eigenvalue weighted by Gasteiger charge is 2.74. The first-order valence-corrected chi connectivity index (χ1v) is 9.65. The first-order chi connectivity index (χ1) is 14.0. The summed E-state index contributed by atoms with van der Waals surface area (Å²) in [6.07, 6.45) is 6.89. The van der Waals surface area contributed by atoms with Crippen LogP contribution in [0.15, 0.2) is 30.1 Å². The van der Waals surface area contributed by atoms with Crippen LogP contribution < -0.4 is 5.32 Å². The number of hydrogen-bond donors (Lipinski definition) is 3. The largest absolute Gasteiger partial charge is 0.389 e. The fourth-order valence-corrected chi connectivity index (χ4v) is 4.82. The lowest BCUT2D eigenvalue weighted by Gasteiger charge is -2.23. The van der Waals surface area contributed by atoms with E-state index in [1.54, 1.807) is 17.9 Å². The second-order valence-electron chi connectivity index (χ2n) is 7.85. The highest BCUT2D eigenvalue weighted by Crippen LogP contribution is 2.68. The Morgan fingerprint density at radius 2 is 2.17 bits per heavy atom. The van der Waals surface area contributed by atoms with Crippen molar-refractivity contribution in [1.82, 2.24) is 19.5 Å². The fraction of sp³-hybridized carbons (Fsp3) is 0.429. The smallest absolute Gasteiger partial charge is 0.209 e. The number of allylic oxidation sites excluding steroid dienone is 4. The Labute approximate surface area is 167 Å². The van der Waals surface area contributed by atoms with Crippen molar-refractivity contribution in [2.45, 2.75) is 38.0 Å². The molecule has 2 saturated carbocycles. The van der Waals surface area contributed by atoms with E-state index in [4.69, 9.17) is 0 Å². The highest BCUT2D eigenvalue weighted by molar-refractivity contribution is 5.88. The van der Waals surface area contributed by atoms with E-state index in [2.05, 4.69) is 32.1 Å². The maximum atomic E-state index is 12.1. The molecule has 2 aromatic heterocycles. The Balaban J connectivity index is 1.60. The number of imidazole rings is 1. The molecule has 3 N–H and O–H groups in total. The molecule has 3 aliphatic rings. The third-order valence-electron chi connectivity index (χ3n) is 6.40. The molecule has 0 amide bonds. The van der Waals surface area contributed by atoms with Crippen LogP contribution in [0.2, 0.25) is 0 Å². The summed E-state index contributed by atoms with van der Waals surface area (Å²) >= 11 is 0. The van der Waals surface area contributed by atoms with Crippen molar-refractivity contribution in [2.24, 2.45) is 11.3 Å². The molecule has 5 rings (SSSR count). The van der Waals surface area contributed by atoms with E-state index in [0.29, 0.717) is 29.2 Å². The molecule has 0 aromatic carbocycles. The number of nitrogens with one attached hydrogen (secondary N) is 1. The topological polar surface area (TPSA) is 113 Å². The maximum absolute atomic E-state index is 12.1. The van der Waals surface area contributed by atoms with Crippen molar-refractivity contribution in [1.29, 1.82) is 0 Å². The summed E-state index contributed by atoms with van der Waals surface area (Å²) < 4.78 is 1.76. The van der Waals surface area contributed by atoms with Gasteiger partial charge in [-0.25, -0.2) is 15.0 Å². The first-order valence-electron chi connectivity index (χ1n) is 9.65. The molecule has 0 aliphatic heterocycles. The van der Waals surface area contributed by atoms with Gasteiger partial charge < -0.3 is 20.1 Å². The van der Waals surface area contributed by atoms with Crippen molar-refractivity contribution >= 4 is 22.8 Å². The van der Waals surface area contributed by atoms with Gasteiger partial charge in [0.2, 0.25) is 5.82 Å². The molecule has 5 atom stereocenters. The summed E-state index contributed by atoms with van der Waals surface area (Å²) in [5.74, 6) is 6.70. The minimum atomic E-state index is -1.08. The van der Waals surface area contributed by atoms with Crippen LogP contribution in [-0.2, 0) is 4.79 Å².